The fraction of sp³-hybridized carbons (Fsp3) is 0.353. The molecule has 2 N–H and O–H groups in total. The first kappa shape index (κ1) is 19.4. The highest BCUT2D eigenvalue weighted by Gasteiger charge is 2.34. The number of esters is 2. The molecule has 0 saturated heterocycles. The predicted molar refractivity (Wildman–Crippen MR) is 88.8 cm³/mol. The zero-order valence-corrected chi connectivity index (χ0v) is 14.6. The number of nitrogens with one attached hydrogen (secondary N) is 1. The van der Waals surface area contributed by atoms with Crippen LogP contribution in [0.15, 0.2) is 23.4 Å². The average Bonchev–Trinajstić information content (AvgIpc) is 2.93. The minimum atomic E-state index is -0.742. The number of β-amino-alcohol motifs (C(OH)–C–C–N with tert-alkyl or cyclic N) is 1. The van der Waals surface area contributed by atoms with Crippen molar-refractivity contribution in [3.8, 4) is 0 Å². The summed E-state index contributed by atoms with van der Waals surface area (Å²) in [5.74, 6) is -2.67. The monoisotopic (exact) mass is 366 g/mol. The summed E-state index contributed by atoms with van der Waals surface area (Å²) in [5.41, 5.74) is 0.212. The first-order valence-electron chi connectivity index (χ1n) is 7.71. The molecule has 0 unspecified atom stereocenters. The van der Waals surface area contributed by atoms with E-state index in [1.165, 1.54) is 32.1 Å². The van der Waals surface area contributed by atoms with E-state index in [1.807, 2.05) is 0 Å². The summed E-state index contributed by atoms with van der Waals surface area (Å²) >= 11 is 0. The minimum Gasteiger partial charge on any atom is -0.466 e. The highest BCUT2D eigenvalue weighted by Crippen LogP contribution is 2.27. The Bertz CT molecular complexity index is 790. The fourth-order valence-corrected chi connectivity index (χ4v) is 2.53. The van der Waals surface area contributed by atoms with Gasteiger partial charge in [-0.25, -0.2) is 14.0 Å². The number of aliphatic hydroxyl groups excluding tert-OH is 1. The molecule has 0 fully saturated rings. The lowest BCUT2D eigenvalue weighted by molar-refractivity contribution is -0.136. The molecular formula is C17H19FN2O6. The number of nitrogens with zero attached hydrogens (tertiary/aromatic N) is 1. The van der Waals surface area contributed by atoms with Crippen molar-refractivity contribution in [1.82, 2.24) is 4.90 Å². The number of anilines is 1. The van der Waals surface area contributed by atoms with E-state index < -0.39 is 23.7 Å². The van der Waals surface area contributed by atoms with Crippen LogP contribution in [0, 0.1) is 12.7 Å². The Balaban J connectivity index is 2.46. The van der Waals surface area contributed by atoms with Gasteiger partial charge in [0.1, 0.15) is 11.5 Å². The van der Waals surface area contributed by atoms with Gasteiger partial charge in [-0.1, -0.05) is 0 Å². The maximum atomic E-state index is 14.1. The first-order valence-corrected chi connectivity index (χ1v) is 7.71. The van der Waals surface area contributed by atoms with Crippen LogP contribution in [0.2, 0.25) is 0 Å². The van der Waals surface area contributed by atoms with E-state index in [1.54, 1.807) is 0 Å². The lowest BCUT2D eigenvalue weighted by atomic mass is 10.1. The van der Waals surface area contributed by atoms with Crippen LogP contribution < -0.4 is 5.32 Å². The van der Waals surface area contributed by atoms with Gasteiger partial charge in [-0.15, -0.1) is 0 Å². The number of hydrogen-bond donors (Lipinski definition) is 2. The Morgan fingerprint density at radius 3 is 2.50 bits per heavy atom. The molecule has 1 heterocycles. The lowest BCUT2D eigenvalue weighted by Gasteiger charge is -2.16. The van der Waals surface area contributed by atoms with Crippen LogP contribution >= 0.6 is 0 Å². The molecule has 0 atom stereocenters. The highest BCUT2D eigenvalue weighted by molar-refractivity contribution is 6.08. The molecule has 9 heteroatoms. The third-order valence-electron chi connectivity index (χ3n) is 3.98. The summed E-state index contributed by atoms with van der Waals surface area (Å²) < 4.78 is 23.4. The van der Waals surface area contributed by atoms with Gasteiger partial charge in [0.15, 0.2) is 0 Å². The topological polar surface area (TPSA) is 105 Å². The van der Waals surface area contributed by atoms with Crippen LogP contribution in [0.3, 0.4) is 0 Å². The summed E-state index contributed by atoms with van der Waals surface area (Å²) in [6.07, 6.45) is 0. The van der Waals surface area contributed by atoms with Gasteiger partial charge < -0.3 is 24.8 Å². The Kier molecular flexibility index (Phi) is 5.93. The maximum absolute atomic E-state index is 14.1. The zero-order valence-electron chi connectivity index (χ0n) is 14.6. The van der Waals surface area contributed by atoms with Gasteiger partial charge in [-0.3, -0.25) is 4.79 Å². The third kappa shape index (κ3) is 3.67. The van der Waals surface area contributed by atoms with E-state index in [9.17, 15) is 18.8 Å². The number of methoxy groups -OCH3 is 2. The van der Waals surface area contributed by atoms with E-state index in [0.717, 1.165) is 6.07 Å². The Hall–Kier alpha value is -2.94. The number of carbonyl (C=O) groups excluding carboxylic acids is 3. The molecule has 1 aromatic carbocycles. The Labute approximate surface area is 149 Å². The Morgan fingerprint density at radius 2 is 1.92 bits per heavy atom. The van der Waals surface area contributed by atoms with Crippen molar-refractivity contribution in [2.24, 2.45) is 0 Å². The number of hydrogen-bond acceptors (Lipinski definition) is 7. The van der Waals surface area contributed by atoms with Crippen LogP contribution in [0.25, 0.3) is 0 Å². The smallest absolute Gasteiger partial charge is 0.338 e. The number of aliphatic hydroxyl groups is 1. The first-order chi connectivity index (χ1) is 12.3. The summed E-state index contributed by atoms with van der Waals surface area (Å²) in [7, 11) is 2.34. The van der Waals surface area contributed by atoms with Gasteiger partial charge in [0.2, 0.25) is 0 Å². The molecule has 1 aromatic rings. The average molecular weight is 366 g/mol. The summed E-state index contributed by atoms with van der Waals surface area (Å²) in [6.45, 7) is 1.16. The SMILES string of the molecule is COC(=O)C1=C(Nc2cc(C(=O)OC)cc(F)c2C)C(=O)N(CCO)C1. The van der Waals surface area contributed by atoms with Gasteiger partial charge in [0.25, 0.3) is 5.91 Å². The standard InChI is InChI=1S/C17H19FN2O6/c1-9-12(18)6-10(16(23)25-2)7-13(9)19-14-11(17(24)26-3)8-20(4-5-21)15(14)22/h6-7,19,21H,4-5,8H2,1-3H3. The van der Waals surface area contributed by atoms with Gasteiger partial charge in [0, 0.05) is 17.8 Å². The molecule has 0 radical (unpaired) electrons. The third-order valence-corrected chi connectivity index (χ3v) is 3.98. The second kappa shape index (κ2) is 7.96. The van der Waals surface area contributed by atoms with Crippen molar-refractivity contribution in [3.05, 3.63) is 40.3 Å². The van der Waals surface area contributed by atoms with Crippen LogP contribution in [-0.4, -0.2) is 61.8 Å². The number of halogens is 1. The van der Waals surface area contributed by atoms with Crippen LogP contribution in [-0.2, 0) is 19.1 Å². The summed E-state index contributed by atoms with van der Waals surface area (Å²) in [6, 6.07) is 2.35. The van der Waals surface area contributed by atoms with Crippen molar-refractivity contribution in [3.63, 3.8) is 0 Å². The molecule has 140 valence electrons. The predicted octanol–water partition coefficient (Wildman–Crippen LogP) is 0.594. The molecule has 0 spiro atoms. The summed E-state index contributed by atoms with van der Waals surface area (Å²) in [4.78, 5) is 37.4. The van der Waals surface area contributed by atoms with E-state index in [4.69, 9.17) is 5.11 Å². The van der Waals surface area contributed by atoms with Gasteiger partial charge in [-0.2, -0.15) is 0 Å². The van der Waals surface area contributed by atoms with E-state index in [2.05, 4.69) is 14.8 Å². The molecule has 0 aromatic heterocycles. The lowest BCUT2D eigenvalue weighted by Crippen LogP contribution is -2.31. The van der Waals surface area contributed by atoms with E-state index in [0.29, 0.717) is 0 Å². The van der Waals surface area contributed by atoms with E-state index in [-0.39, 0.29) is 47.8 Å². The zero-order chi connectivity index (χ0) is 19.4. The molecular weight excluding hydrogens is 347 g/mol. The number of ether oxygens (including phenoxy) is 2. The van der Waals surface area contributed by atoms with Gasteiger partial charge >= 0.3 is 11.9 Å². The molecule has 0 bridgehead atoms. The van der Waals surface area contributed by atoms with Crippen molar-refractivity contribution in [2.75, 3.05) is 39.2 Å². The molecule has 26 heavy (non-hydrogen) atoms. The normalized spacial score (nSPS) is 13.9. The van der Waals surface area contributed by atoms with Crippen molar-refractivity contribution in [2.45, 2.75) is 6.92 Å². The van der Waals surface area contributed by atoms with Crippen LogP contribution in [0.4, 0.5) is 10.1 Å². The Morgan fingerprint density at radius 1 is 1.27 bits per heavy atom. The molecule has 8 nitrogen and oxygen atoms in total. The second-order valence-electron chi connectivity index (χ2n) is 5.54. The highest BCUT2D eigenvalue weighted by atomic mass is 19.1. The number of rotatable bonds is 6. The largest absolute Gasteiger partial charge is 0.466 e. The van der Waals surface area contributed by atoms with Crippen molar-refractivity contribution in [1.29, 1.82) is 0 Å². The molecule has 0 saturated carbocycles. The maximum Gasteiger partial charge on any atom is 0.338 e. The number of carbonyl (C=O) groups is 3. The molecule has 2 rings (SSSR count). The number of amides is 1. The minimum absolute atomic E-state index is 0.0278. The molecule has 1 amide bonds. The fourth-order valence-electron chi connectivity index (χ4n) is 2.53. The van der Waals surface area contributed by atoms with Gasteiger partial charge in [-0.05, 0) is 19.1 Å². The van der Waals surface area contributed by atoms with E-state index >= 15 is 0 Å². The quantitative estimate of drug-likeness (QED) is 0.710. The molecule has 0 aliphatic carbocycles. The van der Waals surface area contributed by atoms with Crippen LogP contribution in [0.5, 0.6) is 0 Å². The second-order valence-corrected chi connectivity index (χ2v) is 5.54. The molecule has 1 aliphatic rings. The number of benzene rings is 1. The van der Waals surface area contributed by atoms with Crippen molar-refractivity contribution >= 4 is 23.5 Å². The summed E-state index contributed by atoms with van der Waals surface area (Å²) in [5, 5.41) is 11.8. The van der Waals surface area contributed by atoms with Crippen molar-refractivity contribution < 1.29 is 33.4 Å². The van der Waals surface area contributed by atoms with Crippen LogP contribution in [0.1, 0.15) is 15.9 Å². The molecule has 1 aliphatic heterocycles. The van der Waals surface area contributed by atoms with Gasteiger partial charge in [0.05, 0.1) is 38.5 Å².